The molecule has 7 aromatic rings. The first-order valence-electron chi connectivity index (χ1n) is 17.4. The Bertz CT molecular complexity index is 2640. The molecule has 0 aliphatic heterocycles. The number of para-hydroxylation sites is 1. The molecule has 23 heteroatoms. The molecule has 0 fully saturated rings. The highest BCUT2D eigenvalue weighted by Crippen LogP contribution is 2.31. The van der Waals surface area contributed by atoms with E-state index in [2.05, 4.69) is 34.9 Å². The molecule has 0 bridgehead atoms. The number of fused-ring (bicyclic) bond motifs is 1. The van der Waals surface area contributed by atoms with E-state index in [-0.39, 0.29) is 6.61 Å². The number of benzene rings is 6. The van der Waals surface area contributed by atoms with Gasteiger partial charge in [0.05, 0.1) is 0 Å². The summed E-state index contributed by atoms with van der Waals surface area (Å²) in [5, 5.41) is 10.7. The van der Waals surface area contributed by atoms with Gasteiger partial charge < -0.3 is 5.11 Å². The van der Waals surface area contributed by atoms with E-state index >= 15 is 35.1 Å². The highest BCUT2D eigenvalue weighted by Gasteiger charge is 2.52. The van der Waals surface area contributed by atoms with Crippen molar-refractivity contribution in [3.8, 4) is 0 Å². The van der Waals surface area contributed by atoms with Gasteiger partial charge in [0.1, 0.15) is 59.3 Å². The van der Waals surface area contributed by atoms with Crippen molar-refractivity contribution in [2.75, 3.05) is 0 Å². The summed E-state index contributed by atoms with van der Waals surface area (Å²) in [5.41, 5.74) is -11.0. The zero-order chi connectivity index (χ0) is 47.4. The lowest BCUT2D eigenvalue weighted by molar-refractivity contribution is -0.672. The predicted octanol–water partition coefficient (Wildman–Crippen LogP) is 8.51. The summed E-state index contributed by atoms with van der Waals surface area (Å²) >= 11 is 0. The third-order valence-electron chi connectivity index (χ3n) is 10.1. The lowest BCUT2D eigenvalue weighted by Crippen LogP contribution is -2.81. The summed E-state index contributed by atoms with van der Waals surface area (Å²) in [6.45, 7) is 0.829. The van der Waals surface area contributed by atoms with Gasteiger partial charge in [0.2, 0.25) is 11.2 Å². The number of nitrogens with zero attached hydrogens (tertiary/aromatic N) is 1. The average molecular weight is 929 g/mol. The molecule has 0 aliphatic rings. The van der Waals surface area contributed by atoms with E-state index in [0.717, 1.165) is 17.8 Å². The van der Waals surface area contributed by atoms with E-state index in [1.54, 1.807) is 0 Å². The molecular weight excluding hydrogens is 913 g/mol. The van der Waals surface area contributed by atoms with Gasteiger partial charge in [0.15, 0.2) is 76.4 Å². The van der Waals surface area contributed by atoms with Crippen LogP contribution in [0.4, 0.5) is 87.8 Å². The van der Waals surface area contributed by atoms with Crippen LogP contribution in [-0.2, 0) is 13.2 Å². The van der Waals surface area contributed by atoms with Crippen molar-refractivity contribution in [1.82, 2.24) is 0 Å². The van der Waals surface area contributed by atoms with Crippen molar-refractivity contribution < 1.29 is 97.5 Å². The van der Waals surface area contributed by atoms with Gasteiger partial charge in [0, 0.05) is 23.1 Å². The second-order valence-corrected chi connectivity index (χ2v) is 13.4. The maximum absolute atomic E-state index is 15.4. The van der Waals surface area contributed by atoms with Crippen LogP contribution < -0.4 is 26.4 Å². The number of hydrogen-bond donors (Lipinski definition) is 1. The Balaban J connectivity index is 0.000000295. The van der Waals surface area contributed by atoms with Crippen LogP contribution in [0.2, 0.25) is 0 Å². The summed E-state index contributed by atoms with van der Waals surface area (Å²) < 4.78 is 296. The van der Waals surface area contributed by atoms with Crippen LogP contribution >= 0.6 is 0 Å². The molecule has 0 atom stereocenters. The molecule has 1 N–H and O–H groups in total. The van der Waals surface area contributed by atoms with Crippen LogP contribution in [0.25, 0.3) is 10.9 Å². The number of pyridine rings is 1. The van der Waals surface area contributed by atoms with Gasteiger partial charge in [-0.05, 0) is 12.1 Å². The Labute approximate surface area is 343 Å². The molecule has 2 nitrogen and oxygen atoms in total. The molecule has 0 radical (unpaired) electrons. The SMILES string of the molecule is Fc1c(F)c(F)c([B-](c2c(F)c(F)c(F)c(F)c2F)(c2c(F)c(F)c(F)c(F)c2F)c2c(F)c(F)c(F)c(F)c2F)c(F)c1F.OCc1ccc2ccccc2[n+]1Cc1ccccc1. The number of halogens is 20. The molecule has 334 valence electrons. The standard InChI is InChI=1S/C24BF20.C17H16NO/c26-5-1(6(27)14(35)21(42)13(5)34)25(2-7(28)15(36)22(43)16(37)8(2)29,3-9(30)17(38)23(44)18(39)10(3)31)4-11(32)19(40)24(45)20(41)12(4)33;19-13-16-11-10-15-8-4-5-9-17(15)18(16)12-14-6-2-1-3-7-14/h;1-11,19H,12-13H2/q-1;+1. The number of rotatable bonds is 7. The summed E-state index contributed by atoms with van der Waals surface area (Å²) in [6, 6.07) is 22.6. The van der Waals surface area contributed by atoms with Gasteiger partial charge in [-0.1, -0.05) is 42.5 Å². The maximum atomic E-state index is 15.4. The molecule has 0 saturated heterocycles. The first-order chi connectivity index (χ1) is 30.1. The van der Waals surface area contributed by atoms with Crippen LogP contribution in [0.15, 0.2) is 66.7 Å². The first kappa shape index (κ1) is 46.8. The fourth-order valence-electron chi connectivity index (χ4n) is 7.27. The molecule has 0 saturated carbocycles. The van der Waals surface area contributed by atoms with Gasteiger partial charge in [-0.3, -0.25) is 0 Å². The lowest BCUT2D eigenvalue weighted by atomic mass is 9.12. The van der Waals surface area contributed by atoms with Crippen LogP contribution in [0.3, 0.4) is 0 Å². The zero-order valence-electron chi connectivity index (χ0n) is 30.8. The van der Waals surface area contributed by atoms with Crippen molar-refractivity contribution in [2.24, 2.45) is 0 Å². The van der Waals surface area contributed by atoms with Crippen molar-refractivity contribution in [2.45, 2.75) is 13.2 Å². The van der Waals surface area contributed by atoms with Crippen LogP contribution in [-0.4, -0.2) is 11.3 Å². The zero-order valence-corrected chi connectivity index (χ0v) is 30.8. The van der Waals surface area contributed by atoms with Crippen molar-refractivity contribution in [3.05, 3.63) is 194 Å². The molecule has 0 amide bonds. The molecule has 1 aromatic heterocycles. The predicted molar refractivity (Wildman–Crippen MR) is 185 cm³/mol. The molecule has 0 aliphatic carbocycles. The van der Waals surface area contributed by atoms with Crippen molar-refractivity contribution in [1.29, 1.82) is 0 Å². The monoisotopic (exact) mass is 929 g/mol. The minimum atomic E-state index is -7.22. The third kappa shape index (κ3) is 7.14. The summed E-state index contributed by atoms with van der Waals surface area (Å²) in [7, 11) is 0. The highest BCUT2D eigenvalue weighted by molar-refractivity contribution is 7.20. The van der Waals surface area contributed by atoms with Gasteiger partial charge in [0.25, 0.3) is 0 Å². The second kappa shape index (κ2) is 17.5. The average Bonchev–Trinajstić information content (AvgIpc) is 3.29. The minimum absolute atomic E-state index is 0.0532. The lowest BCUT2D eigenvalue weighted by Gasteiger charge is -2.44. The molecule has 64 heavy (non-hydrogen) atoms. The molecule has 6 aromatic carbocycles. The number of hydrogen-bond acceptors (Lipinski definition) is 1. The van der Waals surface area contributed by atoms with Gasteiger partial charge >= 0.3 is 0 Å². The van der Waals surface area contributed by atoms with Gasteiger partial charge in [-0.25, -0.2) is 87.8 Å². The molecular formula is C41H16BF20NO. The van der Waals surface area contributed by atoms with E-state index in [1.807, 2.05) is 36.4 Å². The third-order valence-corrected chi connectivity index (χ3v) is 10.1. The van der Waals surface area contributed by atoms with E-state index in [9.17, 15) is 57.8 Å². The van der Waals surface area contributed by atoms with Crippen molar-refractivity contribution in [3.63, 3.8) is 0 Å². The van der Waals surface area contributed by atoms with E-state index in [0.29, 0.717) is 0 Å². The fraction of sp³-hybridized carbons (Fsp3) is 0.0488. The Morgan fingerprint density at radius 3 is 0.922 bits per heavy atom. The largest absolute Gasteiger partial charge is 0.385 e. The normalized spacial score (nSPS) is 11.6. The Kier molecular flexibility index (Phi) is 12.8. The number of aliphatic hydroxyl groups excluding tert-OH is 1. The Morgan fingerprint density at radius 1 is 0.328 bits per heavy atom. The molecule has 0 spiro atoms. The Morgan fingerprint density at radius 2 is 0.609 bits per heavy atom. The minimum Gasteiger partial charge on any atom is -0.385 e. The maximum Gasteiger partial charge on any atom is 0.213 e. The second-order valence-electron chi connectivity index (χ2n) is 13.4. The van der Waals surface area contributed by atoms with E-state index in [1.165, 1.54) is 10.9 Å². The van der Waals surface area contributed by atoms with Crippen LogP contribution in [0.1, 0.15) is 11.3 Å². The van der Waals surface area contributed by atoms with Crippen LogP contribution in [0.5, 0.6) is 0 Å². The molecule has 7 rings (SSSR count). The summed E-state index contributed by atoms with van der Waals surface area (Å²) in [6.07, 6.45) is -7.22. The fourth-order valence-corrected chi connectivity index (χ4v) is 7.27. The number of aromatic nitrogens is 1. The summed E-state index contributed by atoms with van der Waals surface area (Å²) in [5.74, 6) is -71.4. The first-order valence-corrected chi connectivity index (χ1v) is 17.4. The quantitative estimate of drug-likeness (QED) is 0.0561. The topological polar surface area (TPSA) is 24.1 Å². The van der Waals surface area contributed by atoms with E-state index in [4.69, 9.17) is 0 Å². The highest BCUT2D eigenvalue weighted by atomic mass is 19.2. The number of aliphatic hydroxyl groups is 1. The van der Waals surface area contributed by atoms with Gasteiger partial charge in [-0.15, -0.1) is 21.9 Å². The van der Waals surface area contributed by atoms with E-state index < -0.39 is 144 Å². The summed E-state index contributed by atoms with van der Waals surface area (Å²) in [4.78, 5) is 0. The smallest absolute Gasteiger partial charge is 0.213 e. The molecule has 1 heterocycles. The molecule has 0 unspecified atom stereocenters. The van der Waals surface area contributed by atoms with Crippen LogP contribution in [0, 0.1) is 116 Å². The van der Waals surface area contributed by atoms with Gasteiger partial charge in [-0.2, -0.15) is 4.57 Å². The Hall–Kier alpha value is -6.65. The van der Waals surface area contributed by atoms with Crippen molar-refractivity contribution >= 4 is 38.9 Å².